The Kier molecular flexibility index (Phi) is 4.63. The van der Waals surface area contributed by atoms with Crippen molar-refractivity contribution in [2.24, 2.45) is 0 Å². The number of fused-ring (bicyclic) bond motifs is 1. The van der Waals surface area contributed by atoms with Crippen LogP contribution in [0.25, 0.3) is 11.0 Å². The molecule has 0 N–H and O–H groups in total. The monoisotopic (exact) mass is 302 g/mol. The summed E-state index contributed by atoms with van der Waals surface area (Å²) in [5.41, 5.74) is 2.16. The van der Waals surface area contributed by atoms with Crippen molar-refractivity contribution >= 4 is 28.6 Å². The van der Waals surface area contributed by atoms with E-state index in [2.05, 4.69) is 17.6 Å². The molecular formula is C17H22N2OS. The summed E-state index contributed by atoms with van der Waals surface area (Å²) >= 11 is 1.83. The highest BCUT2D eigenvalue weighted by atomic mass is 32.2. The van der Waals surface area contributed by atoms with E-state index >= 15 is 0 Å². The van der Waals surface area contributed by atoms with Crippen LogP contribution in [0.4, 0.5) is 0 Å². The third kappa shape index (κ3) is 3.15. The lowest BCUT2D eigenvalue weighted by atomic mass is 10.1. The Labute approximate surface area is 130 Å². The molecule has 1 aromatic carbocycles. The lowest BCUT2D eigenvalue weighted by molar-refractivity contribution is -0.118. The quantitative estimate of drug-likeness (QED) is 0.841. The number of aromatic nitrogens is 2. The molecule has 0 spiro atoms. The second kappa shape index (κ2) is 6.65. The highest BCUT2D eigenvalue weighted by Crippen LogP contribution is 2.27. The first-order valence-electron chi connectivity index (χ1n) is 7.88. The number of para-hydroxylation sites is 2. The summed E-state index contributed by atoms with van der Waals surface area (Å²) in [6.07, 6.45) is 5.02. The van der Waals surface area contributed by atoms with E-state index in [0.717, 1.165) is 42.0 Å². The van der Waals surface area contributed by atoms with Crippen LogP contribution >= 0.6 is 11.8 Å². The maximum Gasteiger partial charge on any atom is 0.153 e. The first-order valence-corrected chi connectivity index (χ1v) is 8.93. The Balaban J connectivity index is 1.85. The summed E-state index contributed by atoms with van der Waals surface area (Å²) in [5, 5.41) is 0.189. The normalized spacial score (nSPS) is 19.0. The van der Waals surface area contributed by atoms with Crippen molar-refractivity contribution in [3.05, 3.63) is 30.1 Å². The summed E-state index contributed by atoms with van der Waals surface area (Å²) < 4.78 is 2.22. The smallest absolute Gasteiger partial charge is 0.153 e. The van der Waals surface area contributed by atoms with Crippen molar-refractivity contribution < 1.29 is 4.79 Å². The van der Waals surface area contributed by atoms with Crippen molar-refractivity contribution in [1.82, 2.24) is 9.55 Å². The van der Waals surface area contributed by atoms with Gasteiger partial charge in [0.1, 0.15) is 5.82 Å². The number of hydrogen-bond acceptors (Lipinski definition) is 3. The fraction of sp³-hybridized carbons (Fsp3) is 0.529. The number of imidazole rings is 1. The molecule has 1 aromatic heterocycles. The molecule has 1 aliphatic heterocycles. The van der Waals surface area contributed by atoms with Gasteiger partial charge in [0.25, 0.3) is 0 Å². The number of nitrogens with zero attached hydrogens (tertiary/aromatic N) is 2. The number of carbonyl (C=O) groups is 1. The number of carbonyl (C=O) groups excluding carboxylic acids is 1. The number of rotatable bonds is 5. The molecule has 0 amide bonds. The van der Waals surface area contributed by atoms with Crippen LogP contribution in [0.15, 0.2) is 24.3 Å². The van der Waals surface area contributed by atoms with Gasteiger partial charge >= 0.3 is 0 Å². The maximum atomic E-state index is 12.5. The molecule has 4 heteroatoms. The average molecular weight is 302 g/mol. The summed E-state index contributed by atoms with van der Waals surface area (Å²) in [7, 11) is 0. The minimum Gasteiger partial charge on any atom is -0.328 e. The van der Waals surface area contributed by atoms with Gasteiger partial charge in [0.15, 0.2) is 5.78 Å². The van der Waals surface area contributed by atoms with Crippen LogP contribution in [0.2, 0.25) is 0 Å². The molecule has 0 aliphatic carbocycles. The van der Waals surface area contributed by atoms with Gasteiger partial charge in [-0.15, -0.1) is 0 Å². The van der Waals surface area contributed by atoms with Crippen LogP contribution in [0, 0.1) is 0 Å². The van der Waals surface area contributed by atoms with E-state index in [0.29, 0.717) is 12.2 Å². The molecule has 3 rings (SSSR count). The van der Waals surface area contributed by atoms with E-state index in [1.807, 2.05) is 30.0 Å². The van der Waals surface area contributed by atoms with E-state index in [9.17, 15) is 4.79 Å². The molecule has 1 unspecified atom stereocenters. The Morgan fingerprint density at radius 1 is 1.38 bits per heavy atom. The van der Waals surface area contributed by atoms with Gasteiger partial charge in [0, 0.05) is 6.54 Å². The maximum absolute atomic E-state index is 12.5. The van der Waals surface area contributed by atoms with Crippen molar-refractivity contribution in [2.75, 3.05) is 5.75 Å². The van der Waals surface area contributed by atoms with Crippen LogP contribution in [0.5, 0.6) is 0 Å². The molecule has 0 radical (unpaired) electrons. The van der Waals surface area contributed by atoms with Crippen molar-refractivity contribution in [1.29, 1.82) is 0 Å². The number of Topliss-reactive ketones (excluding diaryl/α,β-unsaturated/α-hetero) is 1. The van der Waals surface area contributed by atoms with Gasteiger partial charge in [-0.2, -0.15) is 11.8 Å². The molecule has 2 heterocycles. The van der Waals surface area contributed by atoms with E-state index in [1.54, 1.807) is 0 Å². The highest BCUT2D eigenvalue weighted by molar-refractivity contribution is 8.00. The van der Waals surface area contributed by atoms with E-state index in [4.69, 9.17) is 4.98 Å². The molecule has 1 atom stereocenters. The molecule has 1 saturated heterocycles. The van der Waals surface area contributed by atoms with Crippen molar-refractivity contribution in [3.63, 3.8) is 0 Å². The van der Waals surface area contributed by atoms with Gasteiger partial charge in [-0.1, -0.05) is 25.5 Å². The number of aryl methyl sites for hydroxylation is 1. The Bertz CT molecular complexity index is 629. The molecule has 112 valence electrons. The molecule has 3 nitrogen and oxygen atoms in total. The lowest BCUT2D eigenvalue weighted by Gasteiger charge is -2.20. The standard InChI is InChI=1S/C17H22N2OS/c1-2-10-19-14-8-4-3-7-13(14)18-17(19)12-15(20)16-9-5-6-11-21-16/h3-4,7-8,16H,2,5-6,9-12H2,1H3. The molecule has 0 bridgehead atoms. The van der Waals surface area contributed by atoms with Crippen LogP contribution < -0.4 is 0 Å². The summed E-state index contributed by atoms with van der Waals surface area (Å²) in [6, 6.07) is 8.18. The largest absolute Gasteiger partial charge is 0.328 e. The average Bonchev–Trinajstić information content (AvgIpc) is 2.86. The van der Waals surface area contributed by atoms with Crippen molar-refractivity contribution in [3.8, 4) is 0 Å². The highest BCUT2D eigenvalue weighted by Gasteiger charge is 2.23. The molecule has 0 saturated carbocycles. The number of hydrogen-bond donors (Lipinski definition) is 0. The van der Waals surface area contributed by atoms with Crippen LogP contribution in [0.1, 0.15) is 38.4 Å². The van der Waals surface area contributed by atoms with Gasteiger partial charge in [-0.05, 0) is 37.1 Å². The fourth-order valence-electron chi connectivity index (χ4n) is 3.00. The van der Waals surface area contributed by atoms with Crippen LogP contribution in [-0.2, 0) is 17.8 Å². The molecule has 2 aromatic rings. The van der Waals surface area contributed by atoms with Gasteiger partial charge in [-0.25, -0.2) is 4.98 Å². The Morgan fingerprint density at radius 2 is 2.24 bits per heavy atom. The molecule has 1 aliphatic rings. The molecule has 21 heavy (non-hydrogen) atoms. The van der Waals surface area contributed by atoms with Gasteiger partial charge in [0.2, 0.25) is 0 Å². The third-order valence-electron chi connectivity index (χ3n) is 4.05. The summed E-state index contributed by atoms with van der Waals surface area (Å²) in [6.45, 7) is 3.10. The van der Waals surface area contributed by atoms with E-state index in [-0.39, 0.29) is 5.25 Å². The number of benzene rings is 1. The van der Waals surface area contributed by atoms with E-state index < -0.39 is 0 Å². The Hall–Kier alpha value is -1.29. The zero-order valence-corrected chi connectivity index (χ0v) is 13.4. The third-order valence-corrected chi connectivity index (χ3v) is 5.48. The first kappa shape index (κ1) is 14.6. The number of thioether (sulfide) groups is 1. The Morgan fingerprint density at radius 3 is 3.00 bits per heavy atom. The fourth-order valence-corrected chi connectivity index (χ4v) is 4.26. The predicted molar refractivity (Wildman–Crippen MR) is 88.8 cm³/mol. The zero-order valence-electron chi connectivity index (χ0n) is 12.5. The summed E-state index contributed by atoms with van der Waals surface area (Å²) in [5.74, 6) is 2.42. The zero-order chi connectivity index (χ0) is 14.7. The topological polar surface area (TPSA) is 34.9 Å². The molecule has 1 fully saturated rings. The second-order valence-corrected chi connectivity index (χ2v) is 6.98. The minimum atomic E-state index is 0.189. The molecular weight excluding hydrogens is 280 g/mol. The SMILES string of the molecule is CCCn1c(CC(=O)C2CCCCS2)nc2ccccc21. The second-order valence-electron chi connectivity index (χ2n) is 5.67. The predicted octanol–water partition coefficient (Wildman–Crippen LogP) is 3.84. The number of ketones is 1. The van der Waals surface area contributed by atoms with Crippen molar-refractivity contribution in [2.45, 2.75) is 50.8 Å². The van der Waals surface area contributed by atoms with Crippen LogP contribution in [0.3, 0.4) is 0 Å². The van der Waals surface area contributed by atoms with Gasteiger partial charge in [-0.3, -0.25) is 4.79 Å². The lowest BCUT2D eigenvalue weighted by Crippen LogP contribution is -2.24. The first-order chi connectivity index (χ1) is 10.3. The van der Waals surface area contributed by atoms with Crippen LogP contribution in [-0.4, -0.2) is 26.3 Å². The minimum absolute atomic E-state index is 0.189. The van der Waals surface area contributed by atoms with Gasteiger partial charge in [0.05, 0.1) is 22.7 Å². The summed E-state index contributed by atoms with van der Waals surface area (Å²) in [4.78, 5) is 17.2. The van der Waals surface area contributed by atoms with E-state index in [1.165, 1.54) is 12.8 Å². The van der Waals surface area contributed by atoms with Gasteiger partial charge < -0.3 is 4.57 Å².